The molecule has 0 saturated heterocycles. The minimum Gasteiger partial charge on any atom is -0.478 e. The molecule has 0 aliphatic heterocycles. The van der Waals surface area contributed by atoms with Crippen molar-refractivity contribution in [3.63, 3.8) is 0 Å². The van der Waals surface area contributed by atoms with Gasteiger partial charge >= 0.3 is 5.97 Å². The van der Waals surface area contributed by atoms with Crippen LogP contribution in [0, 0.1) is 6.92 Å². The third-order valence-electron chi connectivity index (χ3n) is 4.05. The topological polar surface area (TPSA) is 40.5 Å². The molecule has 0 atom stereocenters. The van der Waals surface area contributed by atoms with Gasteiger partial charge in [-0.3, -0.25) is 0 Å². The molecule has 1 aromatic carbocycles. The number of carbonyl (C=O) groups is 1. The van der Waals surface area contributed by atoms with Crippen LogP contribution in [0.4, 0.5) is 5.69 Å². The molecule has 1 saturated carbocycles. The van der Waals surface area contributed by atoms with Gasteiger partial charge in [-0.25, -0.2) is 4.79 Å². The Bertz CT molecular complexity index is 502. The summed E-state index contributed by atoms with van der Waals surface area (Å²) >= 11 is 0. The minimum absolute atomic E-state index is 0.666. The third kappa shape index (κ3) is 3.41. The number of anilines is 1. The highest BCUT2D eigenvalue weighted by Gasteiger charge is 2.22. The van der Waals surface area contributed by atoms with Crippen LogP contribution < -0.4 is 4.90 Å². The number of hydrogen-bond donors (Lipinski definition) is 1. The second-order valence-corrected chi connectivity index (χ2v) is 5.44. The molecule has 3 heteroatoms. The molecule has 0 radical (unpaired) electrons. The number of rotatable bonds is 5. The first kappa shape index (κ1) is 14.6. The predicted octanol–water partition coefficient (Wildman–Crippen LogP) is 3.86. The Kier molecular flexibility index (Phi) is 4.83. The standard InChI is InChI=1S/C17H23NO2/c1-3-18(15-6-4-5-7-15)16-10-8-14(12-13(16)2)9-11-17(19)20/h8-12,15H,3-7H2,1-2H3,(H,19,20). The molecule has 108 valence electrons. The van der Waals surface area contributed by atoms with Gasteiger partial charge in [0.15, 0.2) is 0 Å². The van der Waals surface area contributed by atoms with E-state index in [9.17, 15) is 4.79 Å². The monoisotopic (exact) mass is 273 g/mol. The molecule has 1 aliphatic carbocycles. The van der Waals surface area contributed by atoms with Crippen molar-refractivity contribution in [2.45, 2.75) is 45.6 Å². The van der Waals surface area contributed by atoms with Gasteiger partial charge in [0.1, 0.15) is 0 Å². The Balaban J connectivity index is 2.21. The van der Waals surface area contributed by atoms with Gasteiger partial charge in [0.2, 0.25) is 0 Å². The maximum Gasteiger partial charge on any atom is 0.328 e. The van der Waals surface area contributed by atoms with E-state index in [-0.39, 0.29) is 0 Å². The largest absolute Gasteiger partial charge is 0.478 e. The van der Waals surface area contributed by atoms with Crippen LogP contribution in [0.1, 0.15) is 43.7 Å². The Morgan fingerprint density at radius 3 is 2.65 bits per heavy atom. The molecular formula is C17H23NO2. The van der Waals surface area contributed by atoms with E-state index in [1.165, 1.54) is 43.0 Å². The molecule has 1 fully saturated rings. The summed E-state index contributed by atoms with van der Waals surface area (Å²) < 4.78 is 0. The van der Waals surface area contributed by atoms with Gasteiger partial charge in [-0.1, -0.05) is 18.9 Å². The lowest BCUT2D eigenvalue weighted by atomic mass is 10.1. The van der Waals surface area contributed by atoms with Gasteiger partial charge < -0.3 is 10.0 Å². The summed E-state index contributed by atoms with van der Waals surface area (Å²) in [5.41, 5.74) is 3.44. The van der Waals surface area contributed by atoms with Gasteiger partial charge in [0.25, 0.3) is 0 Å². The third-order valence-corrected chi connectivity index (χ3v) is 4.05. The van der Waals surface area contributed by atoms with Crippen molar-refractivity contribution in [1.82, 2.24) is 0 Å². The average molecular weight is 273 g/mol. The van der Waals surface area contributed by atoms with Crippen LogP contribution in [0.3, 0.4) is 0 Å². The van der Waals surface area contributed by atoms with Crippen molar-refractivity contribution in [2.24, 2.45) is 0 Å². The highest BCUT2D eigenvalue weighted by molar-refractivity contribution is 5.85. The first-order chi connectivity index (χ1) is 9.61. The van der Waals surface area contributed by atoms with Gasteiger partial charge in [-0.15, -0.1) is 0 Å². The average Bonchev–Trinajstić information content (AvgIpc) is 2.93. The van der Waals surface area contributed by atoms with E-state index in [0.717, 1.165) is 12.1 Å². The second-order valence-electron chi connectivity index (χ2n) is 5.44. The summed E-state index contributed by atoms with van der Waals surface area (Å²) in [4.78, 5) is 13.1. The molecule has 0 heterocycles. The van der Waals surface area contributed by atoms with Gasteiger partial charge in [-0.05, 0) is 56.0 Å². The Morgan fingerprint density at radius 1 is 1.40 bits per heavy atom. The van der Waals surface area contributed by atoms with Crippen LogP contribution >= 0.6 is 0 Å². The summed E-state index contributed by atoms with van der Waals surface area (Å²) in [6, 6.07) is 6.85. The number of aryl methyl sites for hydroxylation is 1. The zero-order chi connectivity index (χ0) is 14.5. The lowest BCUT2D eigenvalue weighted by Gasteiger charge is -2.31. The Morgan fingerprint density at radius 2 is 2.10 bits per heavy atom. The van der Waals surface area contributed by atoms with Crippen LogP contribution in [-0.4, -0.2) is 23.7 Å². The highest BCUT2D eigenvalue weighted by Crippen LogP contribution is 2.30. The quantitative estimate of drug-likeness (QED) is 0.828. The zero-order valence-corrected chi connectivity index (χ0v) is 12.3. The number of carboxylic acids is 1. The lowest BCUT2D eigenvalue weighted by Crippen LogP contribution is -2.33. The number of aliphatic carboxylic acids is 1. The van der Waals surface area contributed by atoms with E-state index < -0.39 is 5.97 Å². The molecule has 0 spiro atoms. The van der Waals surface area contributed by atoms with Crippen LogP contribution in [0.2, 0.25) is 0 Å². The lowest BCUT2D eigenvalue weighted by molar-refractivity contribution is -0.131. The smallest absolute Gasteiger partial charge is 0.328 e. The Hall–Kier alpha value is -1.77. The molecule has 1 aliphatic rings. The molecule has 3 nitrogen and oxygen atoms in total. The van der Waals surface area contributed by atoms with Crippen LogP contribution in [-0.2, 0) is 4.79 Å². The fraction of sp³-hybridized carbons (Fsp3) is 0.471. The molecule has 0 bridgehead atoms. The summed E-state index contributed by atoms with van der Waals surface area (Å²) in [5.74, 6) is -0.909. The fourth-order valence-electron chi connectivity index (χ4n) is 3.11. The second kappa shape index (κ2) is 6.60. The van der Waals surface area contributed by atoms with Crippen LogP contribution in [0.15, 0.2) is 24.3 Å². The Labute approximate surface area is 120 Å². The van der Waals surface area contributed by atoms with Gasteiger partial charge in [0.05, 0.1) is 0 Å². The maximum atomic E-state index is 10.6. The molecule has 20 heavy (non-hydrogen) atoms. The molecule has 0 unspecified atom stereocenters. The molecule has 0 aromatic heterocycles. The van der Waals surface area contributed by atoms with E-state index in [2.05, 4.69) is 30.9 Å². The summed E-state index contributed by atoms with van der Waals surface area (Å²) in [7, 11) is 0. The first-order valence-corrected chi connectivity index (χ1v) is 7.40. The van der Waals surface area contributed by atoms with Crippen LogP contribution in [0.5, 0.6) is 0 Å². The normalized spacial score (nSPS) is 15.9. The zero-order valence-electron chi connectivity index (χ0n) is 12.3. The van der Waals surface area contributed by atoms with E-state index in [1.54, 1.807) is 6.08 Å². The number of nitrogens with zero attached hydrogens (tertiary/aromatic N) is 1. The van der Waals surface area contributed by atoms with Gasteiger partial charge in [-0.2, -0.15) is 0 Å². The molecule has 1 aromatic rings. The van der Waals surface area contributed by atoms with E-state index in [1.807, 2.05) is 6.07 Å². The predicted molar refractivity (Wildman–Crippen MR) is 83.1 cm³/mol. The minimum atomic E-state index is -0.909. The summed E-state index contributed by atoms with van der Waals surface area (Å²) in [6.07, 6.45) is 8.06. The van der Waals surface area contributed by atoms with E-state index in [4.69, 9.17) is 5.11 Å². The number of carboxylic acid groups (broad SMARTS) is 1. The van der Waals surface area contributed by atoms with Crippen molar-refractivity contribution in [1.29, 1.82) is 0 Å². The van der Waals surface area contributed by atoms with E-state index >= 15 is 0 Å². The van der Waals surface area contributed by atoms with Crippen LogP contribution in [0.25, 0.3) is 6.08 Å². The van der Waals surface area contributed by atoms with Crippen molar-refractivity contribution >= 4 is 17.7 Å². The van der Waals surface area contributed by atoms with Crippen molar-refractivity contribution in [3.05, 3.63) is 35.4 Å². The molecule has 2 rings (SSSR count). The molecule has 1 N–H and O–H groups in total. The first-order valence-electron chi connectivity index (χ1n) is 7.40. The number of benzene rings is 1. The van der Waals surface area contributed by atoms with Gasteiger partial charge in [0, 0.05) is 24.4 Å². The fourth-order valence-corrected chi connectivity index (χ4v) is 3.11. The number of hydrogen-bond acceptors (Lipinski definition) is 2. The molecule has 0 amide bonds. The van der Waals surface area contributed by atoms with Crippen molar-refractivity contribution in [3.8, 4) is 0 Å². The molecular weight excluding hydrogens is 250 g/mol. The van der Waals surface area contributed by atoms with Crippen molar-refractivity contribution < 1.29 is 9.90 Å². The SMILES string of the molecule is CCN(c1ccc(C=CC(=O)O)cc1C)C1CCCC1. The van der Waals surface area contributed by atoms with Crippen molar-refractivity contribution in [2.75, 3.05) is 11.4 Å². The highest BCUT2D eigenvalue weighted by atomic mass is 16.4. The summed E-state index contributed by atoms with van der Waals surface area (Å²) in [6.45, 7) is 5.33. The maximum absolute atomic E-state index is 10.6. The van der Waals surface area contributed by atoms with E-state index in [0.29, 0.717) is 6.04 Å². The summed E-state index contributed by atoms with van der Waals surface area (Å²) in [5, 5.41) is 8.67.